The average Bonchev–Trinajstić information content (AvgIpc) is 2.24. The summed E-state index contributed by atoms with van der Waals surface area (Å²) >= 11 is 5.23. The summed E-state index contributed by atoms with van der Waals surface area (Å²) in [6.07, 6.45) is -9.77. The number of hydrogen-bond donors (Lipinski definition) is 0. The minimum atomic E-state index is -4.91. The Morgan fingerprint density at radius 3 is 1.78 bits per heavy atom. The van der Waals surface area contributed by atoms with E-state index < -0.39 is 40.5 Å². The van der Waals surface area contributed by atoms with E-state index in [0.717, 1.165) is 6.07 Å². The minimum absolute atomic E-state index is 0.234. The number of nitriles is 1. The van der Waals surface area contributed by atoms with Gasteiger partial charge in [-0.3, -0.25) is 0 Å². The highest BCUT2D eigenvalue weighted by molar-refractivity contribution is 6.17. The predicted molar refractivity (Wildman–Crippen MR) is 50.7 cm³/mol. The summed E-state index contributed by atoms with van der Waals surface area (Å²) in [6.45, 7) is 0. The monoisotopic (exact) mass is 287 g/mol. The van der Waals surface area contributed by atoms with Gasteiger partial charge < -0.3 is 0 Å². The molecule has 1 nitrogen and oxygen atoms in total. The van der Waals surface area contributed by atoms with Crippen LogP contribution in [0.3, 0.4) is 0 Å². The number of alkyl halides is 7. The second-order valence-corrected chi connectivity index (χ2v) is 3.52. The first kappa shape index (κ1) is 14.6. The highest BCUT2D eigenvalue weighted by Gasteiger charge is 2.39. The molecule has 1 aromatic carbocycles. The van der Waals surface area contributed by atoms with E-state index in [1.54, 1.807) is 0 Å². The molecule has 0 heterocycles. The summed E-state index contributed by atoms with van der Waals surface area (Å²) in [5.74, 6) is -0.832. The van der Waals surface area contributed by atoms with Gasteiger partial charge >= 0.3 is 12.4 Å². The molecule has 0 bridgehead atoms. The summed E-state index contributed by atoms with van der Waals surface area (Å²) in [6, 6.07) is 1.64. The van der Waals surface area contributed by atoms with Crippen molar-refractivity contribution in [2.24, 2.45) is 0 Å². The summed E-state index contributed by atoms with van der Waals surface area (Å²) in [5, 5.41) is 8.61. The van der Waals surface area contributed by atoms with Gasteiger partial charge in [0.2, 0.25) is 0 Å². The van der Waals surface area contributed by atoms with Crippen LogP contribution in [0.25, 0.3) is 0 Å². The Morgan fingerprint density at radius 2 is 1.44 bits per heavy atom. The van der Waals surface area contributed by atoms with Crippen molar-refractivity contribution in [3.8, 4) is 6.07 Å². The van der Waals surface area contributed by atoms with Crippen LogP contribution >= 0.6 is 11.6 Å². The van der Waals surface area contributed by atoms with Crippen LogP contribution in [0.15, 0.2) is 12.1 Å². The van der Waals surface area contributed by atoms with E-state index in [-0.39, 0.29) is 12.1 Å². The Balaban J connectivity index is 3.64. The first-order valence-electron chi connectivity index (χ1n) is 4.39. The third kappa shape index (κ3) is 2.70. The lowest BCUT2D eigenvalue weighted by molar-refractivity contribution is -0.141. The van der Waals surface area contributed by atoms with Gasteiger partial charge in [-0.2, -0.15) is 31.6 Å². The maximum absolute atomic E-state index is 12.5. The average molecular weight is 288 g/mol. The maximum atomic E-state index is 12.5. The van der Waals surface area contributed by atoms with Gasteiger partial charge in [0.05, 0.1) is 16.7 Å². The Bertz CT molecular complexity index is 497. The van der Waals surface area contributed by atoms with Crippen LogP contribution in [-0.2, 0) is 18.2 Å². The maximum Gasteiger partial charge on any atom is 0.417 e. The second-order valence-electron chi connectivity index (χ2n) is 3.26. The van der Waals surface area contributed by atoms with E-state index >= 15 is 0 Å². The van der Waals surface area contributed by atoms with Crippen LogP contribution in [0, 0.1) is 11.3 Å². The van der Waals surface area contributed by atoms with Gasteiger partial charge in [0.25, 0.3) is 0 Å². The van der Waals surface area contributed by atoms with Crippen LogP contribution in [-0.4, -0.2) is 0 Å². The Hall–Kier alpha value is -1.42. The molecule has 0 unspecified atom stereocenters. The minimum Gasteiger partial charge on any atom is -0.192 e. The predicted octanol–water partition coefficient (Wildman–Crippen LogP) is 4.33. The highest BCUT2D eigenvalue weighted by Crippen LogP contribution is 2.39. The number of benzene rings is 1. The molecule has 0 saturated carbocycles. The number of halogens is 7. The van der Waals surface area contributed by atoms with Crippen LogP contribution in [0.1, 0.15) is 22.3 Å². The zero-order chi connectivity index (χ0) is 14.1. The second kappa shape index (κ2) is 4.69. The fourth-order valence-electron chi connectivity index (χ4n) is 1.42. The van der Waals surface area contributed by atoms with E-state index in [2.05, 4.69) is 0 Å². The van der Waals surface area contributed by atoms with E-state index in [4.69, 9.17) is 16.9 Å². The number of hydrogen-bond acceptors (Lipinski definition) is 1. The van der Waals surface area contributed by atoms with Gasteiger partial charge in [-0.05, 0) is 17.7 Å². The number of nitrogens with zero attached hydrogens (tertiary/aromatic N) is 1. The highest BCUT2D eigenvalue weighted by atomic mass is 35.5. The molecule has 0 aliphatic heterocycles. The van der Waals surface area contributed by atoms with Gasteiger partial charge in [-0.1, -0.05) is 0 Å². The third-order valence-corrected chi connectivity index (χ3v) is 2.44. The molecule has 18 heavy (non-hydrogen) atoms. The summed E-state index contributed by atoms with van der Waals surface area (Å²) in [7, 11) is 0. The topological polar surface area (TPSA) is 23.8 Å². The molecule has 1 aromatic rings. The smallest absolute Gasteiger partial charge is 0.192 e. The van der Waals surface area contributed by atoms with E-state index in [0.29, 0.717) is 0 Å². The quantitative estimate of drug-likeness (QED) is 0.557. The molecule has 1 rings (SSSR count). The van der Waals surface area contributed by atoms with E-state index in [1.807, 2.05) is 0 Å². The molecule has 8 heteroatoms. The summed E-state index contributed by atoms with van der Waals surface area (Å²) in [5.41, 5.74) is -4.70. The van der Waals surface area contributed by atoms with Crippen molar-refractivity contribution < 1.29 is 26.3 Å². The van der Waals surface area contributed by atoms with Gasteiger partial charge in [-0.25, -0.2) is 0 Å². The van der Waals surface area contributed by atoms with Crippen molar-refractivity contribution in [1.29, 1.82) is 5.26 Å². The molecule has 98 valence electrons. The largest absolute Gasteiger partial charge is 0.417 e. The lowest BCUT2D eigenvalue weighted by atomic mass is 9.97. The zero-order valence-corrected chi connectivity index (χ0v) is 9.21. The molecule has 0 N–H and O–H groups in total. The molecule has 0 fully saturated rings. The molecule has 0 saturated heterocycles. The third-order valence-electron chi connectivity index (χ3n) is 2.17. The van der Waals surface area contributed by atoms with Crippen molar-refractivity contribution in [3.63, 3.8) is 0 Å². The fourth-order valence-corrected chi connectivity index (χ4v) is 1.69. The molecular weight excluding hydrogens is 284 g/mol. The molecule has 0 aromatic heterocycles. The molecule has 0 spiro atoms. The first-order valence-corrected chi connectivity index (χ1v) is 4.92. The van der Waals surface area contributed by atoms with Crippen molar-refractivity contribution in [3.05, 3.63) is 34.4 Å². The van der Waals surface area contributed by atoms with Gasteiger partial charge in [-0.15, -0.1) is 11.6 Å². The van der Waals surface area contributed by atoms with Crippen LogP contribution in [0.2, 0.25) is 0 Å². The van der Waals surface area contributed by atoms with Gasteiger partial charge in [0.1, 0.15) is 6.07 Å². The molecule has 0 radical (unpaired) electrons. The zero-order valence-electron chi connectivity index (χ0n) is 8.45. The SMILES string of the molecule is N#Cc1c(C(F)(F)F)ccc(C(F)(F)F)c1CCl. The summed E-state index contributed by atoms with van der Waals surface area (Å²) < 4.78 is 75.1. The molecule has 0 atom stereocenters. The van der Waals surface area contributed by atoms with Crippen molar-refractivity contribution in [2.75, 3.05) is 0 Å². The van der Waals surface area contributed by atoms with Gasteiger partial charge in [0, 0.05) is 5.88 Å². The molecule has 0 aliphatic carbocycles. The van der Waals surface area contributed by atoms with Crippen LogP contribution in [0.4, 0.5) is 26.3 Å². The Labute approximate surface area is 103 Å². The number of rotatable bonds is 1. The Morgan fingerprint density at radius 1 is 1.00 bits per heavy atom. The van der Waals surface area contributed by atoms with Crippen molar-refractivity contribution in [1.82, 2.24) is 0 Å². The molecule has 0 aliphatic rings. The lowest BCUT2D eigenvalue weighted by Gasteiger charge is -2.16. The van der Waals surface area contributed by atoms with E-state index in [9.17, 15) is 26.3 Å². The van der Waals surface area contributed by atoms with Crippen molar-refractivity contribution >= 4 is 11.6 Å². The summed E-state index contributed by atoms with van der Waals surface area (Å²) in [4.78, 5) is 0. The van der Waals surface area contributed by atoms with Crippen LogP contribution < -0.4 is 0 Å². The molecule has 0 amide bonds. The van der Waals surface area contributed by atoms with Crippen LogP contribution in [0.5, 0.6) is 0 Å². The first-order chi connectivity index (χ1) is 8.12. The normalized spacial score (nSPS) is 12.3. The standard InChI is InChI=1S/C10H4ClF6N/c11-3-5-6(4-18)8(10(15,16)17)2-1-7(5)9(12,13)14/h1-2H,3H2. The molecular formula is C10H4ClF6N. The van der Waals surface area contributed by atoms with Gasteiger partial charge in [0.15, 0.2) is 0 Å². The van der Waals surface area contributed by atoms with E-state index in [1.165, 1.54) is 0 Å². The lowest BCUT2D eigenvalue weighted by Crippen LogP contribution is -2.15. The Kier molecular flexibility index (Phi) is 3.81. The fraction of sp³-hybridized carbons (Fsp3) is 0.300. The van der Waals surface area contributed by atoms with Crippen molar-refractivity contribution in [2.45, 2.75) is 18.2 Å².